The highest BCUT2D eigenvalue weighted by Gasteiger charge is 2.63. The predicted octanol–water partition coefficient (Wildman–Crippen LogP) is 4.57. The highest BCUT2D eigenvalue weighted by Crippen LogP contribution is 2.67. The molecule has 1 nitrogen and oxygen atoms in total. The minimum absolute atomic E-state index is 0.179. The Morgan fingerprint density at radius 3 is 2.28 bits per heavy atom. The van der Waals surface area contributed by atoms with Crippen LogP contribution < -0.4 is 0 Å². The Hall–Kier alpha value is -0.300. The Bertz CT molecular complexity index is 427. The summed E-state index contributed by atoms with van der Waals surface area (Å²) in [5, 5.41) is 0. The lowest BCUT2D eigenvalue weighted by Crippen LogP contribution is -2.37. The standard InChI is InChI=1S/C17H28O/c1-10(2)14-11-8-13-17(7,18-13)9-12(11)15(3,4)16(14,5)6/h10,13-14H,8-9H2,1-7H3. The quantitative estimate of drug-likeness (QED) is 0.489. The first kappa shape index (κ1) is 12.7. The molecule has 1 saturated heterocycles. The lowest BCUT2D eigenvalue weighted by molar-refractivity contribution is 0.0870. The van der Waals surface area contributed by atoms with Gasteiger partial charge < -0.3 is 4.74 Å². The number of fused-ring (bicyclic) bond motifs is 1. The molecule has 0 aromatic rings. The molecule has 18 heavy (non-hydrogen) atoms. The minimum Gasteiger partial charge on any atom is -0.366 e. The summed E-state index contributed by atoms with van der Waals surface area (Å²) < 4.78 is 5.95. The molecule has 1 fully saturated rings. The van der Waals surface area contributed by atoms with E-state index in [0.717, 1.165) is 11.8 Å². The van der Waals surface area contributed by atoms with Crippen molar-refractivity contribution in [3.05, 3.63) is 11.1 Å². The molecule has 0 amide bonds. The molecule has 3 unspecified atom stereocenters. The average molecular weight is 248 g/mol. The number of hydrogen-bond acceptors (Lipinski definition) is 1. The van der Waals surface area contributed by atoms with Crippen LogP contribution in [0.5, 0.6) is 0 Å². The molecule has 0 spiro atoms. The Kier molecular flexibility index (Phi) is 2.28. The van der Waals surface area contributed by atoms with Gasteiger partial charge in [-0.3, -0.25) is 0 Å². The maximum absolute atomic E-state index is 5.95. The Labute approximate surface area is 112 Å². The van der Waals surface area contributed by atoms with Crippen LogP contribution in [0, 0.1) is 22.7 Å². The number of rotatable bonds is 1. The van der Waals surface area contributed by atoms with Crippen molar-refractivity contribution in [1.82, 2.24) is 0 Å². The van der Waals surface area contributed by atoms with E-state index < -0.39 is 0 Å². The molecule has 102 valence electrons. The molecule has 0 bridgehead atoms. The van der Waals surface area contributed by atoms with E-state index >= 15 is 0 Å². The molecule has 3 rings (SSSR count). The third-order valence-electron chi connectivity index (χ3n) is 6.54. The van der Waals surface area contributed by atoms with E-state index in [1.807, 2.05) is 0 Å². The van der Waals surface area contributed by atoms with Crippen LogP contribution in [0.3, 0.4) is 0 Å². The first-order valence-corrected chi connectivity index (χ1v) is 7.51. The molecule has 1 heterocycles. The van der Waals surface area contributed by atoms with Crippen LogP contribution >= 0.6 is 0 Å². The van der Waals surface area contributed by atoms with Crippen LogP contribution in [0.4, 0.5) is 0 Å². The van der Waals surface area contributed by atoms with Crippen LogP contribution in [-0.2, 0) is 4.74 Å². The van der Waals surface area contributed by atoms with E-state index in [1.165, 1.54) is 12.8 Å². The van der Waals surface area contributed by atoms with Crippen molar-refractivity contribution in [3.63, 3.8) is 0 Å². The van der Waals surface area contributed by atoms with Crippen LogP contribution in [0.2, 0.25) is 0 Å². The summed E-state index contributed by atoms with van der Waals surface area (Å²) in [5.41, 5.74) is 4.34. The van der Waals surface area contributed by atoms with Gasteiger partial charge >= 0.3 is 0 Å². The van der Waals surface area contributed by atoms with Crippen LogP contribution in [0.25, 0.3) is 0 Å². The van der Waals surface area contributed by atoms with Crippen molar-refractivity contribution >= 4 is 0 Å². The molecule has 0 radical (unpaired) electrons. The zero-order valence-corrected chi connectivity index (χ0v) is 13.1. The fourth-order valence-electron chi connectivity index (χ4n) is 4.88. The van der Waals surface area contributed by atoms with Gasteiger partial charge in [0, 0.05) is 6.42 Å². The van der Waals surface area contributed by atoms with Crippen molar-refractivity contribution in [1.29, 1.82) is 0 Å². The van der Waals surface area contributed by atoms with Gasteiger partial charge in [-0.25, -0.2) is 0 Å². The van der Waals surface area contributed by atoms with Crippen molar-refractivity contribution in [3.8, 4) is 0 Å². The zero-order chi connectivity index (χ0) is 13.5. The lowest BCUT2D eigenvalue weighted by Gasteiger charge is -2.43. The third kappa shape index (κ3) is 1.32. The molecule has 0 N–H and O–H groups in total. The first-order valence-electron chi connectivity index (χ1n) is 7.51. The summed E-state index contributed by atoms with van der Waals surface area (Å²) in [4.78, 5) is 0. The predicted molar refractivity (Wildman–Crippen MR) is 75.4 cm³/mol. The van der Waals surface area contributed by atoms with E-state index in [1.54, 1.807) is 11.1 Å². The molecular formula is C17H28O. The summed E-state index contributed by atoms with van der Waals surface area (Å²) in [6.07, 6.45) is 2.89. The number of epoxide rings is 1. The van der Waals surface area contributed by atoms with Crippen molar-refractivity contribution in [2.75, 3.05) is 0 Å². The number of ether oxygens (including phenoxy) is 1. The average Bonchev–Trinajstić information content (AvgIpc) is 2.82. The summed E-state index contributed by atoms with van der Waals surface area (Å²) in [6.45, 7) is 16.9. The normalized spacial score (nSPS) is 44.0. The van der Waals surface area contributed by atoms with Gasteiger partial charge in [-0.15, -0.1) is 0 Å². The topological polar surface area (TPSA) is 12.5 Å². The Morgan fingerprint density at radius 1 is 1.11 bits per heavy atom. The van der Waals surface area contributed by atoms with Crippen molar-refractivity contribution in [2.45, 2.75) is 73.0 Å². The van der Waals surface area contributed by atoms with Gasteiger partial charge in [0.05, 0.1) is 11.7 Å². The van der Waals surface area contributed by atoms with E-state index in [9.17, 15) is 0 Å². The summed E-state index contributed by atoms with van der Waals surface area (Å²) in [5.74, 6) is 1.46. The van der Waals surface area contributed by atoms with Crippen molar-refractivity contribution < 1.29 is 4.74 Å². The molecule has 0 saturated carbocycles. The molecule has 0 aromatic carbocycles. The smallest absolute Gasteiger partial charge is 0.0960 e. The third-order valence-corrected chi connectivity index (χ3v) is 6.54. The van der Waals surface area contributed by atoms with Crippen LogP contribution in [0.1, 0.15) is 61.3 Å². The first-order chi connectivity index (χ1) is 8.11. The van der Waals surface area contributed by atoms with Gasteiger partial charge in [0.15, 0.2) is 0 Å². The summed E-state index contributed by atoms with van der Waals surface area (Å²) >= 11 is 0. The van der Waals surface area contributed by atoms with Gasteiger partial charge in [0.2, 0.25) is 0 Å². The molecule has 1 aliphatic heterocycles. The van der Waals surface area contributed by atoms with Gasteiger partial charge in [0.25, 0.3) is 0 Å². The summed E-state index contributed by atoms with van der Waals surface area (Å²) in [7, 11) is 0. The van der Waals surface area contributed by atoms with Gasteiger partial charge in [-0.05, 0) is 36.0 Å². The molecule has 2 aliphatic carbocycles. The SMILES string of the molecule is CC(C)C1C2=C(CC3(C)OC3C2)C(C)(C)C1(C)C. The number of hydrogen-bond donors (Lipinski definition) is 0. The van der Waals surface area contributed by atoms with Gasteiger partial charge in [-0.1, -0.05) is 52.7 Å². The van der Waals surface area contributed by atoms with E-state index in [4.69, 9.17) is 4.74 Å². The minimum atomic E-state index is 0.179. The Morgan fingerprint density at radius 2 is 1.72 bits per heavy atom. The lowest BCUT2D eigenvalue weighted by atomic mass is 9.61. The molecule has 3 atom stereocenters. The second-order valence-corrected chi connectivity index (χ2v) is 8.37. The van der Waals surface area contributed by atoms with Gasteiger partial charge in [0.1, 0.15) is 0 Å². The molecule has 1 heteroatoms. The maximum Gasteiger partial charge on any atom is 0.0960 e. The highest BCUT2D eigenvalue weighted by atomic mass is 16.6. The fourth-order valence-corrected chi connectivity index (χ4v) is 4.88. The molecular weight excluding hydrogens is 220 g/mol. The summed E-state index contributed by atoms with van der Waals surface area (Å²) in [6, 6.07) is 0. The Balaban J connectivity index is 2.08. The molecule has 3 aliphatic rings. The second-order valence-electron chi connectivity index (χ2n) is 8.37. The monoisotopic (exact) mass is 248 g/mol. The fraction of sp³-hybridized carbons (Fsp3) is 0.882. The van der Waals surface area contributed by atoms with Crippen molar-refractivity contribution in [2.24, 2.45) is 22.7 Å². The van der Waals surface area contributed by atoms with Gasteiger partial charge in [-0.2, -0.15) is 0 Å². The van der Waals surface area contributed by atoms with E-state index in [0.29, 0.717) is 16.9 Å². The van der Waals surface area contributed by atoms with E-state index in [2.05, 4.69) is 48.5 Å². The van der Waals surface area contributed by atoms with E-state index in [-0.39, 0.29) is 5.60 Å². The highest BCUT2D eigenvalue weighted by molar-refractivity contribution is 5.41. The second kappa shape index (κ2) is 3.23. The zero-order valence-electron chi connectivity index (χ0n) is 13.1. The molecule has 0 aromatic heterocycles. The largest absolute Gasteiger partial charge is 0.366 e. The van der Waals surface area contributed by atoms with Crippen LogP contribution in [-0.4, -0.2) is 11.7 Å². The maximum atomic E-state index is 5.95. The van der Waals surface area contributed by atoms with Crippen LogP contribution in [0.15, 0.2) is 11.1 Å².